The fourth-order valence-electron chi connectivity index (χ4n) is 2.31. The molecular formula is C18H18N3O3+. The van der Waals surface area contributed by atoms with Crippen molar-refractivity contribution in [2.24, 2.45) is 5.10 Å². The highest BCUT2D eigenvalue weighted by molar-refractivity contribution is 5.94. The quantitative estimate of drug-likeness (QED) is 0.637. The van der Waals surface area contributed by atoms with E-state index in [1.165, 1.54) is 12.0 Å². The van der Waals surface area contributed by atoms with Gasteiger partial charge in [0, 0.05) is 10.4 Å². The molecule has 1 aliphatic rings. The van der Waals surface area contributed by atoms with Gasteiger partial charge in [0.2, 0.25) is 0 Å². The van der Waals surface area contributed by atoms with E-state index < -0.39 is 0 Å². The Morgan fingerprint density at radius 2 is 1.92 bits per heavy atom. The lowest BCUT2D eigenvalue weighted by Gasteiger charge is -2.05. The van der Waals surface area contributed by atoms with Gasteiger partial charge in [0.1, 0.15) is 0 Å². The molecule has 0 aromatic heterocycles. The number of rotatable bonds is 4. The summed E-state index contributed by atoms with van der Waals surface area (Å²) in [5.41, 5.74) is 2.61. The molecule has 0 unspecified atom stereocenters. The molecule has 2 aromatic rings. The van der Waals surface area contributed by atoms with Crippen LogP contribution in [0, 0.1) is 0 Å². The van der Waals surface area contributed by atoms with Crippen LogP contribution in [0.25, 0.3) is 0 Å². The first-order chi connectivity index (χ1) is 11.7. The van der Waals surface area contributed by atoms with Gasteiger partial charge in [-0.05, 0) is 22.8 Å². The Morgan fingerprint density at radius 3 is 2.67 bits per heavy atom. The number of esters is 1. The molecule has 3 rings (SSSR count). The van der Waals surface area contributed by atoms with Gasteiger partial charge in [-0.25, -0.2) is 4.84 Å². The van der Waals surface area contributed by atoms with E-state index in [1.54, 1.807) is 18.4 Å². The normalized spacial score (nSPS) is 15.2. The first-order valence-corrected chi connectivity index (χ1v) is 7.52. The summed E-state index contributed by atoms with van der Waals surface area (Å²) in [4.78, 5) is 18.9. The highest BCUT2D eigenvalue weighted by Crippen LogP contribution is 2.13. The third-order valence-corrected chi connectivity index (χ3v) is 3.59. The first-order valence-electron chi connectivity index (χ1n) is 7.52. The van der Waals surface area contributed by atoms with Crippen LogP contribution in [0.3, 0.4) is 0 Å². The van der Waals surface area contributed by atoms with Gasteiger partial charge >= 0.3 is 11.9 Å². The molecule has 0 saturated heterocycles. The highest BCUT2D eigenvalue weighted by atomic mass is 16.7. The fourth-order valence-corrected chi connectivity index (χ4v) is 2.31. The number of hydrogen-bond acceptors (Lipinski definition) is 5. The number of benzene rings is 2. The van der Waals surface area contributed by atoms with Crippen molar-refractivity contribution in [2.75, 3.05) is 14.2 Å². The fraction of sp³-hybridized carbons (Fsp3) is 0.167. The van der Waals surface area contributed by atoms with Crippen molar-refractivity contribution in [3.05, 3.63) is 71.3 Å². The van der Waals surface area contributed by atoms with Crippen molar-refractivity contribution in [3.63, 3.8) is 0 Å². The topological polar surface area (TPSA) is 54.1 Å². The second-order valence-electron chi connectivity index (χ2n) is 5.24. The predicted molar refractivity (Wildman–Crippen MR) is 89.4 cm³/mol. The Hall–Kier alpha value is -3.15. The minimum Gasteiger partial charge on any atom is -0.469 e. The van der Waals surface area contributed by atoms with E-state index in [0.717, 1.165) is 16.7 Å². The van der Waals surface area contributed by atoms with E-state index in [1.807, 2.05) is 54.6 Å². The summed E-state index contributed by atoms with van der Waals surface area (Å²) in [7, 11) is 3.17. The standard InChI is InChI=1S/C18H18N3O3/c1-20-19-18(14-8-4-3-5-9-14)24-21(20)13-16-11-7-6-10-15(16)12-17(22)23-2/h3-11,13H,12H2,1-2H3/q+1. The van der Waals surface area contributed by atoms with Crippen LogP contribution >= 0.6 is 0 Å². The van der Waals surface area contributed by atoms with E-state index in [4.69, 9.17) is 9.57 Å². The van der Waals surface area contributed by atoms with Crippen LogP contribution in [0.2, 0.25) is 0 Å². The zero-order valence-electron chi connectivity index (χ0n) is 13.5. The van der Waals surface area contributed by atoms with Crippen LogP contribution < -0.4 is 0 Å². The minimum atomic E-state index is -0.284. The molecule has 0 bridgehead atoms. The Morgan fingerprint density at radius 1 is 1.21 bits per heavy atom. The Labute approximate surface area is 140 Å². The third-order valence-electron chi connectivity index (χ3n) is 3.59. The Bertz CT molecular complexity index is 800. The third kappa shape index (κ3) is 3.43. The molecule has 1 aliphatic heterocycles. The molecule has 0 aliphatic carbocycles. The van der Waals surface area contributed by atoms with Crippen molar-refractivity contribution in [1.82, 2.24) is 5.12 Å². The molecule has 122 valence electrons. The largest absolute Gasteiger partial charge is 0.469 e. The van der Waals surface area contributed by atoms with Crippen molar-refractivity contribution < 1.29 is 19.2 Å². The van der Waals surface area contributed by atoms with Gasteiger partial charge in [-0.15, -0.1) is 0 Å². The number of carbonyl (C=O) groups excluding carboxylic acids is 1. The lowest BCUT2D eigenvalue weighted by molar-refractivity contribution is -0.853. The van der Waals surface area contributed by atoms with Gasteiger partial charge in [0.25, 0.3) is 0 Å². The van der Waals surface area contributed by atoms with Gasteiger partial charge in [-0.3, -0.25) is 4.79 Å². The zero-order chi connectivity index (χ0) is 16.9. The van der Waals surface area contributed by atoms with Gasteiger partial charge in [-0.2, -0.15) is 0 Å². The molecule has 6 nitrogen and oxygen atoms in total. The van der Waals surface area contributed by atoms with Crippen molar-refractivity contribution in [3.8, 4) is 0 Å². The van der Waals surface area contributed by atoms with Crippen LogP contribution in [0.1, 0.15) is 16.7 Å². The number of carbonyl (C=O) groups is 1. The van der Waals surface area contributed by atoms with Gasteiger partial charge in [0.05, 0.1) is 31.2 Å². The molecule has 0 atom stereocenters. The molecule has 0 radical (unpaired) electrons. The first kappa shape index (κ1) is 15.7. The lowest BCUT2D eigenvalue weighted by Crippen LogP contribution is -2.23. The van der Waals surface area contributed by atoms with Crippen LogP contribution in [-0.2, 0) is 20.8 Å². The van der Waals surface area contributed by atoms with E-state index in [9.17, 15) is 4.79 Å². The second kappa shape index (κ2) is 6.95. The monoisotopic (exact) mass is 324 g/mol. The number of hydrazone groups is 2. The zero-order valence-corrected chi connectivity index (χ0v) is 13.5. The number of ether oxygens (including phenoxy) is 1. The summed E-state index contributed by atoms with van der Waals surface area (Å²) >= 11 is 0. The van der Waals surface area contributed by atoms with Crippen molar-refractivity contribution in [1.29, 1.82) is 0 Å². The van der Waals surface area contributed by atoms with Crippen LogP contribution in [-0.4, -0.2) is 42.2 Å². The van der Waals surface area contributed by atoms with Crippen molar-refractivity contribution in [2.45, 2.75) is 6.42 Å². The average molecular weight is 324 g/mol. The van der Waals surface area contributed by atoms with E-state index in [0.29, 0.717) is 5.90 Å². The average Bonchev–Trinajstić information content (AvgIpc) is 2.98. The molecule has 0 fully saturated rings. The van der Waals surface area contributed by atoms with E-state index in [-0.39, 0.29) is 12.4 Å². The molecule has 24 heavy (non-hydrogen) atoms. The summed E-state index contributed by atoms with van der Waals surface area (Å²) in [6, 6.07) is 17.3. The van der Waals surface area contributed by atoms with Gasteiger partial charge in [0.15, 0.2) is 6.21 Å². The molecule has 6 heteroatoms. The maximum atomic E-state index is 11.6. The second-order valence-corrected chi connectivity index (χ2v) is 5.24. The number of methoxy groups -OCH3 is 1. The van der Waals surface area contributed by atoms with Crippen LogP contribution in [0.15, 0.2) is 59.7 Å². The van der Waals surface area contributed by atoms with E-state index in [2.05, 4.69) is 5.10 Å². The molecule has 1 heterocycles. The smallest absolute Gasteiger partial charge is 0.411 e. The number of hydrogen-bond donors (Lipinski definition) is 0. The van der Waals surface area contributed by atoms with Crippen molar-refractivity contribution >= 4 is 18.1 Å². The molecule has 2 aromatic carbocycles. The molecule has 0 spiro atoms. The summed E-state index contributed by atoms with van der Waals surface area (Å²) in [5, 5.41) is 5.97. The summed E-state index contributed by atoms with van der Waals surface area (Å²) in [5.74, 6) is 0.229. The number of nitrogens with zero attached hydrogens (tertiary/aromatic N) is 3. The highest BCUT2D eigenvalue weighted by Gasteiger charge is 2.29. The Kier molecular flexibility index (Phi) is 4.56. The maximum absolute atomic E-state index is 11.6. The van der Waals surface area contributed by atoms with Crippen LogP contribution in [0.4, 0.5) is 0 Å². The summed E-state index contributed by atoms with van der Waals surface area (Å²) < 4.78 is 4.74. The molecule has 0 N–H and O–H groups in total. The van der Waals surface area contributed by atoms with Gasteiger partial charge in [-0.1, -0.05) is 42.5 Å². The minimum absolute atomic E-state index is 0.202. The molecule has 0 saturated carbocycles. The summed E-state index contributed by atoms with van der Waals surface area (Å²) in [6.07, 6.45) is 1.99. The Balaban J connectivity index is 1.85. The predicted octanol–water partition coefficient (Wildman–Crippen LogP) is 1.99. The SMILES string of the molecule is COC(=O)Cc1ccccc1C=[N+]1OC(c2ccccc2)=NN1C. The number of hydrazine groups is 1. The van der Waals surface area contributed by atoms with E-state index >= 15 is 0 Å². The van der Waals surface area contributed by atoms with Crippen LogP contribution in [0.5, 0.6) is 0 Å². The summed E-state index contributed by atoms with van der Waals surface area (Å²) in [6.45, 7) is 0. The maximum Gasteiger partial charge on any atom is 0.411 e. The lowest BCUT2D eigenvalue weighted by atomic mass is 10.1. The molecular weight excluding hydrogens is 306 g/mol. The van der Waals surface area contributed by atoms with Gasteiger partial charge < -0.3 is 4.74 Å². The molecule has 0 amide bonds.